The quantitative estimate of drug-likeness (QED) is 0.825. The van der Waals surface area contributed by atoms with Crippen molar-refractivity contribution in [3.8, 4) is 0 Å². The molecule has 0 saturated heterocycles. The van der Waals surface area contributed by atoms with Crippen molar-refractivity contribution in [2.24, 2.45) is 5.92 Å². The lowest BCUT2D eigenvalue weighted by atomic mass is 9.96. The van der Waals surface area contributed by atoms with E-state index in [-0.39, 0.29) is 12.1 Å². The van der Waals surface area contributed by atoms with E-state index >= 15 is 0 Å². The summed E-state index contributed by atoms with van der Waals surface area (Å²) < 4.78 is 17.9. The van der Waals surface area contributed by atoms with Crippen molar-refractivity contribution >= 4 is 11.9 Å². The van der Waals surface area contributed by atoms with Gasteiger partial charge in [0.05, 0.1) is 24.8 Å². The van der Waals surface area contributed by atoms with Crippen molar-refractivity contribution in [1.29, 1.82) is 0 Å². The Balaban J connectivity index is 2.05. The highest BCUT2D eigenvalue weighted by atomic mass is 19.1. The molecular formula is C18H19FN2O3. The molecule has 6 heteroatoms. The van der Waals surface area contributed by atoms with Crippen molar-refractivity contribution in [1.82, 2.24) is 10.3 Å². The molecule has 0 aliphatic rings. The number of nitrogens with one attached hydrogen (secondary N) is 1. The number of carbonyl (C=O) groups is 2. The van der Waals surface area contributed by atoms with Gasteiger partial charge in [0.2, 0.25) is 0 Å². The Morgan fingerprint density at radius 1 is 1.29 bits per heavy atom. The zero-order valence-corrected chi connectivity index (χ0v) is 13.6. The molecule has 2 rings (SSSR count). The summed E-state index contributed by atoms with van der Waals surface area (Å²) in [5.74, 6) is -2.01. The maximum Gasteiger partial charge on any atom is 0.310 e. The van der Waals surface area contributed by atoms with E-state index in [1.165, 1.54) is 13.3 Å². The van der Waals surface area contributed by atoms with E-state index in [0.29, 0.717) is 6.42 Å². The van der Waals surface area contributed by atoms with E-state index in [0.717, 1.165) is 23.4 Å². The monoisotopic (exact) mass is 330 g/mol. The Hall–Kier alpha value is -2.76. The van der Waals surface area contributed by atoms with Gasteiger partial charge >= 0.3 is 5.97 Å². The molecule has 1 aromatic carbocycles. The van der Waals surface area contributed by atoms with E-state index in [2.05, 4.69) is 10.3 Å². The summed E-state index contributed by atoms with van der Waals surface area (Å²) >= 11 is 0. The molecule has 24 heavy (non-hydrogen) atoms. The van der Waals surface area contributed by atoms with Crippen LogP contribution in [0.4, 0.5) is 4.39 Å². The number of ether oxygens (including phenoxy) is 1. The molecule has 0 saturated carbocycles. The molecule has 126 valence electrons. The average molecular weight is 330 g/mol. The minimum atomic E-state index is -0.591. The lowest BCUT2D eigenvalue weighted by Gasteiger charge is -2.16. The number of benzene rings is 1. The van der Waals surface area contributed by atoms with Crippen LogP contribution in [-0.2, 0) is 16.0 Å². The second-order valence-corrected chi connectivity index (χ2v) is 5.45. The zero-order valence-electron chi connectivity index (χ0n) is 13.6. The predicted molar refractivity (Wildman–Crippen MR) is 86.9 cm³/mol. The van der Waals surface area contributed by atoms with Gasteiger partial charge in [0.25, 0.3) is 5.91 Å². The van der Waals surface area contributed by atoms with Crippen LogP contribution < -0.4 is 5.32 Å². The highest BCUT2D eigenvalue weighted by Crippen LogP contribution is 2.14. The minimum absolute atomic E-state index is 0.0936. The van der Waals surface area contributed by atoms with Gasteiger partial charge in [-0.15, -0.1) is 0 Å². The number of methoxy groups -OCH3 is 1. The van der Waals surface area contributed by atoms with E-state index in [4.69, 9.17) is 4.74 Å². The Bertz CT molecular complexity index is 734. The Kier molecular flexibility index (Phi) is 6.01. The van der Waals surface area contributed by atoms with E-state index < -0.39 is 23.6 Å². The average Bonchev–Trinajstić information content (AvgIpc) is 2.59. The molecule has 1 aromatic heterocycles. The highest BCUT2D eigenvalue weighted by molar-refractivity contribution is 5.94. The van der Waals surface area contributed by atoms with Crippen molar-refractivity contribution in [2.75, 3.05) is 13.7 Å². The lowest BCUT2D eigenvalue weighted by Crippen LogP contribution is -2.35. The number of hydrogen-bond donors (Lipinski definition) is 1. The first-order chi connectivity index (χ1) is 11.5. The number of nitrogens with zero attached hydrogens (tertiary/aromatic N) is 1. The van der Waals surface area contributed by atoms with Crippen LogP contribution in [0.25, 0.3) is 0 Å². The van der Waals surface area contributed by atoms with Gasteiger partial charge in [0.1, 0.15) is 5.82 Å². The minimum Gasteiger partial charge on any atom is -0.469 e. The lowest BCUT2D eigenvalue weighted by molar-refractivity contribution is -0.145. The second kappa shape index (κ2) is 8.19. The van der Waals surface area contributed by atoms with Gasteiger partial charge in [-0.2, -0.15) is 0 Å². The molecule has 2 aromatic rings. The summed E-state index contributed by atoms with van der Waals surface area (Å²) in [7, 11) is 1.31. The van der Waals surface area contributed by atoms with Gasteiger partial charge in [-0.1, -0.05) is 24.3 Å². The molecule has 0 aliphatic carbocycles. The summed E-state index contributed by atoms with van der Waals surface area (Å²) in [5.41, 5.74) is 2.18. The number of pyridine rings is 1. The topological polar surface area (TPSA) is 68.3 Å². The van der Waals surface area contributed by atoms with Gasteiger partial charge in [-0.05, 0) is 30.5 Å². The van der Waals surface area contributed by atoms with Crippen molar-refractivity contribution < 1.29 is 18.7 Å². The number of aromatic nitrogens is 1. The second-order valence-electron chi connectivity index (χ2n) is 5.45. The molecular weight excluding hydrogens is 311 g/mol. The number of hydrogen-bond acceptors (Lipinski definition) is 4. The van der Waals surface area contributed by atoms with Crippen LogP contribution in [0.5, 0.6) is 0 Å². The zero-order chi connectivity index (χ0) is 17.5. The van der Waals surface area contributed by atoms with Gasteiger partial charge in [0, 0.05) is 12.7 Å². The molecule has 0 bridgehead atoms. The fourth-order valence-electron chi connectivity index (χ4n) is 2.36. The molecule has 0 radical (unpaired) electrons. The number of carbonyl (C=O) groups excluding carboxylic acids is 2. The van der Waals surface area contributed by atoms with Gasteiger partial charge in [0.15, 0.2) is 0 Å². The third-order valence-electron chi connectivity index (χ3n) is 3.74. The molecule has 1 amide bonds. The maximum absolute atomic E-state index is 13.1. The predicted octanol–water partition coefficient (Wildman–Crippen LogP) is 2.29. The molecule has 1 heterocycles. The highest BCUT2D eigenvalue weighted by Gasteiger charge is 2.21. The third-order valence-corrected chi connectivity index (χ3v) is 3.74. The Labute approximate surface area is 139 Å². The van der Waals surface area contributed by atoms with Crippen LogP contribution in [0, 0.1) is 18.7 Å². The smallest absolute Gasteiger partial charge is 0.310 e. The summed E-state index contributed by atoms with van der Waals surface area (Å²) in [6.07, 6.45) is 2.74. The number of rotatable bonds is 6. The van der Waals surface area contributed by atoms with Crippen LogP contribution in [0.1, 0.15) is 21.5 Å². The first-order valence-electron chi connectivity index (χ1n) is 7.52. The SMILES string of the molecule is COC(=O)C(CNC(=O)c1cncc(F)c1)Cc1ccccc1C. The number of aryl methyl sites for hydroxylation is 1. The van der Waals surface area contributed by atoms with E-state index in [1.54, 1.807) is 0 Å². The maximum atomic E-state index is 13.1. The van der Waals surface area contributed by atoms with Crippen molar-refractivity contribution in [2.45, 2.75) is 13.3 Å². The fourth-order valence-corrected chi connectivity index (χ4v) is 2.36. The van der Waals surface area contributed by atoms with Gasteiger partial charge in [-0.25, -0.2) is 4.39 Å². The summed E-state index contributed by atoms with van der Waals surface area (Å²) in [6.45, 7) is 2.05. The Morgan fingerprint density at radius 3 is 2.71 bits per heavy atom. The first-order valence-corrected chi connectivity index (χ1v) is 7.52. The largest absolute Gasteiger partial charge is 0.469 e. The standard InChI is InChI=1S/C18H19FN2O3/c1-12-5-3-4-6-13(12)7-15(18(23)24-2)10-21-17(22)14-8-16(19)11-20-9-14/h3-6,8-9,11,15H,7,10H2,1-2H3,(H,21,22). The van der Waals surface area contributed by atoms with Crippen LogP contribution in [0.3, 0.4) is 0 Å². The van der Waals surface area contributed by atoms with Crippen LogP contribution in [0.15, 0.2) is 42.7 Å². The molecule has 1 N–H and O–H groups in total. The van der Waals surface area contributed by atoms with E-state index in [9.17, 15) is 14.0 Å². The van der Waals surface area contributed by atoms with Crippen molar-refractivity contribution in [3.63, 3.8) is 0 Å². The van der Waals surface area contributed by atoms with Crippen LogP contribution in [0.2, 0.25) is 0 Å². The Morgan fingerprint density at radius 2 is 2.04 bits per heavy atom. The molecule has 5 nitrogen and oxygen atoms in total. The molecule has 0 aliphatic heterocycles. The van der Waals surface area contributed by atoms with Gasteiger partial charge < -0.3 is 10.1 Å². The molecule has 0 fully saturated rings. The molecule has 0 spiro atoms. The number of esters is 1. The van der Waals surface area contributed by atoms with Crippen molar-refractivity contribution in [3.05, 3.63) is 65.2 Å². The summed E-state index contributed by atoms with van der Waals surface area (Å²) in [4.78, 5) is 27.7. The third kappa shape index (κ3) is 4.62. The van der Waals surface area contributed by atoms with Gasteiger partial charge in [-0.3, -0.25) is 14.6 Å². The number of halogens is 1. The van der Waals surface area contributed by atoms with Crippen LogP contribution in [-0.4, -0.2) is 30.5 Å². The number of amides is 1. The van der Waals surface area contributed by atoms with E-state index in [1.807, 2.05) is 31.2 Å². The summed E-state index contributed by atoms with van der Waals surface area (Å²) in [6, 6.07) is 8.81. The normalized spacial score (nSPS) is 11.6. The van der Waals surface area contributed by atoms with Crippen LogP contribution >= 0.6 is 0 Å². The first kappa shape index (κ1) is 17.6. The molecule has 1 atom stereocenters. The molecule has 1 unspecified atom stereocenters. The fraction of sp³-hybridized carbons (Fsp3) is 0.278. The summed E-state index contributed by atoms with van der Waals surface area (Å²) in [5, 5.41) is 2.63.